The lowest BCUT2D eigenvalue weighted by Crippen LogP contribution is -2.37. The van der Waals surface area contributed by atoms with Crippen molar-refractivity contribution < 1.29 is 9.53 Å². The van der Waals surface area contributed by atoms with E-state index in [1.54, 1.807) is 22.3 Å². The highest BCUT2D eigenvalue weighted by Crippen LogP contribution is 2.23. The van der Waals surface area contributed by atoms with Crippen molar-refractivity contribution in [1.29, 1.82) is 0 Å². The SMILES string of the molecule is O=C(C=Cc1cccs1)N1Cc2cnc(N3CCOCC3)nc2C1. The van der Waals surface area contributed by atoms with E-state index in [1.165, 1.54) is 0 Å². The van der Waals surface area contributed by atoms with Crippen molar-refractivity contribution in [1.82, 2.24) is 14.9 Å². The van der Waals surface area contributed by atoms with Gasteiger partial charge in [0.05, 0.1) is 25.5 Å². The average Bonchev–Trinajstić information content (AvgIpc) is 3.29. The van der Waals surface area contributed by atoms with Crippen molar-refractivity contribution in [3.8, 4) is 0 Å². The lowest BCUT2D eigenvalue weighted by molar-refractivity contribution is -0.126. The van der Waals surface area contributed by atoms with Gasteiger partial charge >= 0.3 is 0 Å². The Morgan fingerprint density at radius 1 is 1.29 bits per heavy atom. The molecule has 2 aromatic heterocycles. The molecule has 2 aliphatic heterocycles. The molecule has 7 heteroatoms. The lowest BCUT2D eigenvalue weighted by atomic mass is 10.3. The molecule has 0 aromatic carbocycles. The van der Waals surface area contributed by atoms with E-state index >= 15 is 0 Å². The molecule has 0 radical (unpaired) electrons. The maximum atomic E-state index is 12.4. The summed E-state index contributed by atoms with van der Waals surface area (Å²) in [6.07, 6.45) is 5.35. The number of fused-ring (bicyclic) bond motifs is 1. The monoisotopic (exact) mass is 342 g/mol. The van der Waals surface area contributed by atoms with Crippen molar-refractivity contribution in [2.75, 3.05) is 31.2 Å². The zero-order chi connectivity index (χ0) is 16.4. The van der Waals surface area contributed by atoms with Crippen LogP contribution in [0.4, 0.5) is 5.95 Å². The number of nitrogens with zero attached hydrogens (tertiary/aromatic N) is 4. The van der Waals surface area contributed by atoms with E-state index in [0.29, 0.717) is 26.3 Å². The summed E-state index contributed by atoms with van der Waals surface area (Å²) in [6, 6.07) is 3.97. The molecule has 124 valence electrons. The van der Waals surface area contributed by atoms with E-state index in [0.717, 1.165) is 35.2 Å². The zero-order valence-corrected chi connectivity index (χ0v) is 14.0. The van der Waals surface area contributed by atoms with Crippen molar-refractivity contribution in [3.63, 3.8) is 0 Å². The Bertz CT molecular complexity index is 754. The molecule has 1 amide bonds. The van der Waals surface area contributed by atoms with E-state index < -0.39 is 0 Å². The van der Waals surface area contributed by atoms with Gasteiger partial charge in [0, 0.05) is 42.3 Å². The predicted octanol–water partition coefficient (Wildman–Crippen LogP) is 1.93. The predicted molar refractivity (Wildman–Crippen MR) is 92.7 cm³/mol. The van der Waals surface area contributed by atoms with Crippen molar-refractivity contribution in [3.05, 3.63) is 45.9 Å². The Labute approximate surface area is 144 Å². The summed E-state index contributed by atoms with van der Waals surface area (Å²) in [6.45, 7) is 4.16. The van der Waals surface area contributed by atoms with Crippen LogP contribution in [0.3, 0.4) is 0 Å². The first kappa shape index (κ1) is 15.3. The van der Waals surface area contributed by atoms with E-state index in [4.69, 9.17) is 4.74 Å². The van der Waals surface area contributed by atoms with Gasteiger partial charge in [-0.2, -0.15) is 0 Å². The summed E-state index contributed by atoms with van der Waals surface area (Å²) in [7, 11) is 0. The Morgan fingerprint density at radius 2 is 2.17 bits per heavy atom. The molecule has 2 aliphatic rings. The molecule has 0 aliphatic carbocycles. The molecule has 1 saturated heterocycles. The van der Waals surface area contributed by atoms with Gasteiger partial charge in [0.25, 0.3) is 0 Å². The summed E-state index contributed by atoms with van der Waals surface area (Å²) in [5, 5.41) is 2.00. The van der Waals surface area contributed by atoms with Gasteiger partial charge < -0.3 is 14.5 Å². The summed E-state index contributed by atoms with van der Waals surface area (Å²) < 4.78 is 5.36. The van der Waals surface area contributed by atoms with E-state index in [2.05, 4.69) is 14.9 Å². The number of thiophene rings is 1. The highest BCUT2D eigenvalue weighted by molar-refractivity contribution is 7.10. The Balaban J connectivity index is 1.44. The number of amides is 1. The third kappa shape index (κ3) is 3.18. The van der Waals surface area contributed by atoms with Crippen LogP contribution in [0.2, 0.25) is 0 Å². The minimum Gasteiger partial charge on any atom is -0.378 e. The van der Waals surface area contributed by atoms with Gasteiger partial charge in [-0.25, -0.2) is 9.97 Å². The second kappa shape index (κ2) is 6.70. The third-order valence-corrected chi connectivity index (χ3v) is 5.02. The largest absolute Gasteiger partial charge is 0.378 e. The fourth-order valence-electron chi connectivity index (χ4n) is 2.86. The molecular weight excluding hydrogens is 324 g/mol. The summed E-state index contributed by atoms with van der Waals surface area (Å²) in [5.41, 5.74) is 1.98. The highest BCUT2D eigenvalue weighted by Gasteiger charge is 2.25. The van der Waals surface area contributed by atoms with Crippen LogP contribution < -0.4 is 4.90 Å². The van der Waals surface area contributed by atoms with Gasteiger partial charge in [0.1, 0.15) is 0 Å². The quantitative estimate of drug-likeness (QED) is 0.798. The standard InChI is InChI=1S/C17H18N4O2S/c22-16(4-3-14-2-1-9-24-14)21-11-13-10-18-17(19-15(13)12-21)20-5-7-23-8-6-20/h1-4,9-10H,5-8,11-12H2. The molecule has 0 unspecified atom stereocenters. The zero-order valence-electron chi connectivity index (χ0n) is 13.2. The molecule has 0 N–H and O–H groups in total. The van der Waals surface area contributed by atoms with Crippen molar-refractivity contribution in [2.45, 2.75) is 13.1 Å². The van der Waals surface area contributed by atoms with Crippen LogP contribution in [-0.2, 0) is 22.6 Å². The Hall–Kier alpha value is -2.25. The minimum absolute atomic E-state index is 0.00863. The maximum absolute atomic E-state index is 12.4. The molecule has 2 aromatic rings. The first-order chi connectivity index (χ1) is 11.8. The van der Waals surface area contributed by atoms with Crippen molar-refractivity contribution in [2.24, 2.45) is 0 Å². The molecule has 24 heavy (non-hydrogen) atoms. The van der Waals surface area contributed by atoms with Gasteiger partial charge in [-0.1, -0.05) is 6.07 Å². The maximum Gasteiger partial charge on any atom is 0.247 e. The molecule has 4 heterocycles. The van der Waals surface area contributed by atoms with Crippen LogP contribution in [0, 0.1) is 0 Å². The first-order valence-corrected chi connectivity index (χ1v) is 8.85. The molecule has 0 atom stereocenters. The topological polar surface area (TPSA) is 58.6 Å². The number of carbonyl (C=O) groups is 1. The van der Waals surface area contributed by atoms with Gasteiger partial charge in [-0.15, -0.1) is 11.3 Å². The number of aromatic nitrogens is 2. The normalized spacial score (nSPS) is 17.5. The smallest absolute Gasteiger partial charge is 0.247 e. The molecule has 4 rings (SSSR count). The number of carbonyl (C=O) groups excluding carboxylic acids is 1. The second-order valence-electron chi connectivity index (χ2n) is 5.78. The molecule has 0 saturated carbocycles. The van der Waals surface area contributed by atoms with Crippen LogP contribution in [0.1, 0.15) is 16.1 Å². The fourth-order valence-corrected chi connectivity index (χ4v) is 3.48. The van der Waals surface area contributed by atoms with E-state index in [-0.39, 0.29) is 5.91 Å². The molecule has 1 fully saturated rings. The summed E-state index contributed by atoms with van der Waals surface area (Å²) in [4.78, 5) is 26.5. The minimum atomic E-state index is 0.00863. The van der Waals surface area contributed by atoms with Crippen LogP contribution in [-0.4, -0.2) is 47.1 Å². The first-order valence-electron chi connectivity index (χ1n) is 7.97. The number of hydrogen-bond acceptors (Lipinski definition) is 6. The van der Waals surface area contributed by atoms with Crippen molar-refractivity contribution >= 4 is 29.3 Å². The van der Waals surface area contributed by atoms with E-state index in [1.807, 2.05) is 29.8 Å². The molecular formula is C17H18N4O2S. The molecule has 6 nitrogen and oxygen atoms in total. The number of rotatable bonds is 3. The van der Waals surface area contributed by atoms with Gasteiger partial charge in [0.15, 0.2) is 0 Å². The third-order valence-electron chi connectivity index (χ3n) is 4.18. The summed E-state index contributed by atoms with van der Waals surface area (Å²) >= 11 is 1.62. The van der Waals surface area contributed by atoms with Gasteiger partial charge in [0.2, 0.25) is 11.9 Å². The average molecular weight is 342 g/mol. The van der Waals surface area contributed by atoms with Crippen LogP contribution >= 0.6 is 11.3 Å². The van der Waals surface area contributed by atoms with Gasteiger partial charge in [-0.05, 0) is 17.5 Å². The molecule has 0 spiro atoms. The van der Waals surface area contributed by atoms with Crippen LogP contribution in [0.25, 0.3) is 6.08 Å². The van der Waals surface area contributed by atoms with Crippen LogP contribution in [0.5, 0.6) is 0 Å². The Morgan fingerprint density at radius 3 is 2.96 bits per heavy atom. The van der Waals surface area contributed by atoms with Gasteiger partial charge in [-0.3, -0.25) is 4.79 Å². The number of morpholine rings is 1. The number of ether oxygens (including phenoxy) is 1. The van der Waals surface area contributed by atoms with Crippen LogP contribution in [0.15, 0.2) is 29.8 Å². The summed E-state index contributed by atoms with van der Waals surface area (Å²) in [5.74, 6) is 0.745. The fraction of sp³-hybridized carbons (Fsp3) is 0.353. The Kier molecular flexibility index (Phi) is 4.27. The highest BCUT2D eigenvalue weighted by atomic mass is 32.1. The van der Waals surface area contributed by atoms with E-state index in [9.17, 15) is 4.79 Å². The number of anilines is 1. The lowest BCUT2D eigenvalue weighted by Gasteiger charge is -2.26. The second-order valence-corrected chi connectivity index (χ2v) is 6.76. The molecule has 0 bridgehead atoms. The number of hydrogen-bond donors (Lipinski definition) is 0.